The molecule has 1 aliphatic rings. The van der Waals surface area contributed by atoms with Crippen molar-refractivity contribution in [3.8, 4) is 5.75 Å². The van der Waals surface area contributed by atoms with E-state index in [1.54, 1.807) is 7.11 Å². The van der Waals surface area contributed by atoms with Gasteiger partial charge in [-0.15, -0.1) is 0 Å². The Morgan fingerprint density at radius 2 is 2.05 bits per heavy atom. The number of rotatable bonds is 4. The zero-order chi connectivity index (χ0) is 15.4. The Hall–Kier alpha value is -1.07. The van der Waals surface area contributed by atoms with Crippen LogP contribution in [0.25, 0.3) is 0 Å². The van der Waals surface area contributed by atoms with Gasteiger partial charge in [0.05, 0.1) is 11.6 Å². The summed E-state index contributed by atoms with van der Waals surface area (Å²) in [5, 5.41) is 0. The van der Waals surface area contributed by atoms with Gasteiger partial charge in [-0.2, -0.15) is 0 Å². The van der Waals surface area contributed by atoms with Crippen LogP contribution in [0.15, 0.2) is 22.7 Å². The van der Waals surface area contributed by atoms with Crippen LogP contribution in [-0.2, 0) is 0 Å². The molecule has 0 bridgehead atoms. The summed E-state index contributed by atoms with van der Waals surface area (Å²) < 4.78 is 6.02. The Morgan fingerprint density at radius 1 is 1.38 bits per heavy atom. The molecule has 0 spiro atoms. The normalized spacial score (nSPS) is 16.3. The van der Waals surface area contributed by atoms with Crippen LogP contribution in [0.3, 0.4) is 0 Å². The largest absolute Gasteiger partial charge is 0.496 e. The van der Waals surface area contributed by atoms with E-state index in [2.05, 4.69) is 34.9 Å². The van der Waals surface area contributed by atoms with E-state index in [4.69, 9.17) is 4.74 Å². The number of halogens is 1. The fraction of sp³-hybridized carbons (Fsp3) is 0.562. The van der Waals surface area contributed by atoms with Crippen molar-refractivity contribution in [2.45, 2.75) is 12.8 Å². The van der Waals surface area contributed by atoms with Crippen LogP contribution < -0.4 is 4.74 Å². The highest BCUT2D eigenvalue weighted by Gasteiger charge is 2.24. The molecule has 116 valence electrons. The predicted molar refractivity (Wildman–Crippen MR) is 87.9 cm³/mol. The second kappa shape index (κ2) is 7.27. The first-order chi connectivity index (χ1) is 10.0. The number of benzene rings is 1. The minimum Gasteiger partial charge on any atom is -0.496 e. The van der Waals surface area contributed by atoms with Crippen LogP contribution in [0.5, 0.6) is 5.75 Å². The molecule has 1 aromatic rings. The van der Waals surface area contributed by atoms with Gasteiger partial charge in [-0.25, -0.2) is 0 Å². The number of hydrogen-bond donors (Lipinski definition) is 0. The molecule has 0 atom stereocenters. The van der Waals surface area contributed by atoms with Gasteiger partial charge in [0.25, 0.3) is 5.91 Å². The first kappa shape index (κ1) is 16.3. The summed E-state index contributed by atoms with van der Waals surface area (Å²) >= 11 is 3.44. The van der Waals surface area contributed by atoms with Gasteiger partial charge in [-0.1, -0.05) is 0 Å². The summed E-state index contributed by atoms with van der Waals surface area (Å²) in [6.07, 6.45) is 2.17. The summed E-state index contributed by atoms with van der Waals surface area (Å²) in [7, 11) is 5.83. The number of amides is 1. The summed E-state index contributed by atoms with van der Waals surface area (Å²) in [5.74, 6) is 1.56. The number of methoxy groups -OCH3 is 1. The maximum atomic E-state index is 12.5. The molecule has 21 heavy (non-hydrogen) atoms. The molecule has 4 nitrogen and oxygen atoms in total. The maximum absolute atomic E-state index is 12.5. The van der Waals surface area contributed by atoms with E-state index in [0.717, 1.165) is 42.7 Å². The van der Waals surface area contributed by atoms with Crippen LogP contribution in [0.2, 0.25) is 0 Å². The lowest BCUT2D eigenvalue weighted by molar-refractivity contribution is 0.0678. The number of nitrogens with zero attached hydrogens (tertiary/aromatic N) is 2. The topological polar surface area (TPSA) is 32.8 Å². The number of hydrogen-bond acceptors (Lipinski definition) is 3. The van der Waals surface area contributed by atoms with Crippen molar-refractivity contribution in [3.63, 3.8) is 0 Å². The van der Waals surface area contributed by atoms with Gasteiger partial charge in [-0.05, 0) is 67.0 Å². The van der Waals surface area contributed by atoms with Crippen LogP contribution in [0.1, 0.15) is 23.2 Å². The van der Waals surface area contributed by atoms with Gasteiger partial charge in [0, 0.05) is 25.2 Å². The molecule has 1 amide bonds. The molecular formula is C16H23BrN2O2. The molecule has 0 aliphatic carbocycles. The van der Waals surface area contributed by atoms with E-state index >= 15 is 0 Å². The SMILES string of the molecule is COc1ccc(C(=O)N2CCC(CN(C)C)CC2)cc1Br. The molecule has 2 rings (SSSR count). The minimum absolute atomic E-state index is 0.113. The summed E-state index contributed by atoms with van der Waals surface area (Å²) in [6, 6.07) is 5.50. The van der Waals surface area contributed by atoms with Crippen molar-refractivity contribution in [2.24, 2.45) is 5.92 Å². The first-order valence-corrected chi connectivity index (χ1v) is 8.08. The highest BCUT2D eigenvalue weighted by atomic mass is 79.9. The average molecular weight is 355 g/mol. The minimum atomic E-state index is 0.113. The second-order valence-electron chi connectivity index (χ2n) is 5.85. The summed E-state index contributed by atoms with van der Waals surface area (Å²) in [5.41, 5.74) is 0.716. The first-order valence-electron chi connectivity index (χ1n) is 7.28. The number of ether oxygens (including phenoxy) is 1. The van der Waals surface area contributed by atoms with Crippen LogP contribution in [0.4, 0.5) is 0 Å². The number of piperidine rings is 1. The number of carbonyl (C=O) groups excluding carboxylic acids is 1. The highest BCUT2D eigenvalue weighted by molar-refractivity contribution is 9.10. The van der Waals surface area contributed by atoms with Crippen molar-refractivity contribution in [3.05, 3.63) is 28.2 Å². The standard InChI is InChI=1S/C16H23BrN2O2/c1-18(2)11-12-6-8-19(9-7-12)16(20)13-4-5-15(21-3)14(17)10-13/h4-5,10,12H,6-9,11H2,1-3H3. The fourth-order valence-corrected chi connectivity index (χ4v) is 3.36. The molecule has 1 aliphatic heterocycles. The molecule has 1 fully saturated rings. The number of likely N-dealkylation sites (tertiary alicyclic amines) is 1. The molecule has 1 heterocycles. The molecule has 0 saturated carbocycles. The average Bonchev–Trinajstić information content (AvgIpc) is 2.46. The molecule has 0 aromatic heterocycles. The van der Waals surface area contributed by atoms with E-state index in [1.807, 2.05) is 23.1 Å². The molecular weight excluding hydrogens is 332 g/mol. The van der Waals surface area contributed by atoms with Crippen LogP contribution >= 0.6 is 15.9 Å². The Labute approximate surface area is 135 Å². The third-order valence-corrected chi connectivity index (χ3v) is 4.54. The Balaban J connectivity index is 1.97. The molecule has 0 unspecified atom stereocenters. The zero-order valence-electron chi connectivity index (χ0n) is 12.9. The quantitative estimate of drug-likeness (QED) is 0.833. The van der Waals surface area contributed by atoms with E-state index in [1.165, 1.54) is 0 Å². The van der Waals surface area contributed by atoms with E-state index in [-0.39, 0.29) is 5.91 Å². The lowest BCUT2D eigenvalue weighted by Crippen LogP contribution is -2.40. The van der Waals surface area contributed by atoms with Gasteiger partial charge in [0.2, 0.25) is 0 Å². The summed E-state index contributed by atoms with van der Waals surface area (Å²) in [6.45, 7) is 2.80. The van der Waals surface area contributed by atoms with E-state index in [0.29, 0.717) is 11.5 Å². The number of carbonyl (C=O) groups is 1. The molecule has 1 aromatic carbocycles. The smallest absolute Gasteiger partial charge is 0.253 e. The van der Waals surface area contributed by atoms with Gasteiger partial charge < -0.3 is 14.5 Å². The molecule has 5 heteroatoms. The highest BCUT2D eigenvalue weighted by Crippen LogP contribution is 2.27. The van der Waals surface area contributed by atoms with Crippen molar-refractivity contribution >= 4 is 21.8 Å². The third kappa shape index (κ3) is 4.20. The van der Waals surface area contributed by atoms with Gasteiger partial charge in [-0.3, -0.25) is 4.79 Å². The molecule has 0 radical (unpaired) electrons. The Morgan fingerprint density at radius 3 is 2.57 bits per heavy atom. The van der Waals surface area contributed by atoms with Crippen molar-refractivity contribution in [2.75, 3.05) is 40.8 Å². The van der Waals surface area contributed by atoms with Gasteiger partial charge in [0.15, 0.2) is 0 Å². The lowest BCUT2D eigenvalue weighted by atomic mass is 9.96. The van der Waals surface area contributed by atoms with Crippen molar-refractivity contribution in [1.82, 2.24) is 9.80 Å². The van der Waals surface area contributed by atoms with Crippen LogP contribution in [-0.4, -0.2) is 56.5 Å². The zero-order valence-corrected chi connectivity index (χ0v) is 14.5. The van der Waals surface area contributed by atoms with Crippen molar-refractivity contribution < 1.29 is 9.53 Å². The molecule has 0 N–H and O–H groups in total. The predicted octanol–water partition coefficient (Wildman–Crippen LogP) is 2.87. The fourth-order valence-electron chi connectivity index (χ4n) is 2.82. The van der Waals surface area contributed by atoms with Crippen molar-refractivity contribution in [1.29, 1.82) is 0 Å². The van der Waals surface area contributed by atoms with E-state index < -0.39 is 0 Å². The van der Waals surface area contributed by atoms with E-state index in [9.17, 15) is 4.79 Å². The Bertz CT molecular complexity index is 497. The molecule has 1 saturated heterocycles. The lowest BCUT2D eigenvalue weighted by Gasteiger charge is -2.33. The maximum Gasteiger partial charge on any atom is 0.253 e. The van der Waals surface area contributed by atoms with Gasteiger partial charge >= 0.3 is 0 Å². The second-order valence-corrected chi connectivity index (χ2v) is 6.70. The van der Waals surface area contributed by atoms with Gasteiger partial charge in [0.1, 0.15) is 5.75 Å². The van der Waals surface area contributed by atoms with Crippen LogP contribution in [0, 0.1) is 5.92 Å². The summed E-state index contributed by atoms with van der Waals surface area (Å²) in [4.78, 5) is 16.7. The third-order valence-electron chi connectivity index (χ3n) is 3.92. The Kier molecular flexibility index (Phi) is 5.65. The monoisotopic (exact) mass is 354 g/mol.